The Balaban J connectivity index is 1.42. The maximum atomic E-state index is 4.08. The molecule has 22 heavy (non-hydrogen) atoms. The van der Waals surface area contributed by atoms with Crippen molar-refractivity contribution in [1.82, 2.24) is 10.6 Å². The van der Waals surface area contributed by atoms with Gasteiger partial charge in [-0.3, -0.25) is 0 Å². The van der Waals surface area contributed by atoms with Crippen LogP contribution in [-0.2, 0) is 0 Å². The summed E-state index contributed by atoms with van der Waals surface area (Å²) < 4.78 is 0. The first-order valence-corrected chi connectivity index (χ1v) is 10.3. The van der Waals surface area contributed by atoms with Crippen molar-refractivity contribution in [3.05, 3.63) is 0 Å². The van der Waals surface area contributed by atoms with Gasteiger partial charge in [0.05, 0.1) is 0 Å². The van der Waals surface area contributed by atoms with Crippen LogP contribution in [-0.4, -0.2) is 25.2 Å². The standard InChI is InChI=1S/C20H36N2/c1-3-8-19(9-4-1)13-14-21-16-18(19)17-7-12-20(22-15-17)10-5-2-6-11-20/h17-18,21-22H,1-16H2. The van der Waals surface area contributed by atoms with Gasteiger partial charge in [0.25, 0.3) is 0 Å². The quantitative estimate of drug-likeness (QED) is 0.757. The van der Waals surface area contributed by atoms with E-state index in [4.69, 9.17) is 0 Å². The number of nitrogens with one attached hydrogen (secondary N) is 2. The van der Waals surface area contributed by atoms with Crippen LogP contribution in [0.25, 0.3) is 0 Å². The number of hydrogen-bond acceptors (Lipinski definition) is 2. The molecule has 4 fully saturated rings. The molecule has 0 aromatic rings. The molecule has 2 aliphatic heterocycles. The molecule has 2 atom stereocenters. The summed E-state index contributed by atoms with van der Waals surface area (Å²) in [7, 11) is 0. The highest BCUT2D eigenvalue weighted by Gasteiger charge is 2.47. The molecule has 0 aromatic heterocycles. The van der Waals surface area contributed by atoms with Crippen LogP contribution in [0.3, 0.4) is 0 Å². The van der Waals surface area contributed by atoms with Crippen molar-refractivity contribution in [2.45, 2.75) is 89.0 Å². The van der Waals surface area contributed by atoms with Gasteiger partial charge in [0, 0.05) is 5.54 Å². The minimum absolute atomic E-state index is 0.552. The van der Waals surface area contributed by atoms with Crippen molar-refractivity contribution < 1.29 is 0 Å². The number of hydrogen-bond donors (Lipinski definition) is 2. The SMILES string of the molecule is C1CCC2(CC1)CCC(C1CNCCC13CCCCC3)CN2. The molecule has 2 heteroatoms. The molecule has 2 N–H and O–H groups in total. The average molecular weight is 305 g/mol. The second kappa shape index (κ2) is 6.43. The van der Waals surface area contributed by atoms with Crippen LogP contribution >= 0.6 is 0 Å². The summed E-state index contributed by atoms with van der Waals surface area (Å²) in [6.07, 6.45) is 19.3. The Kier molecular flexibility index (Phi) is 4.52. The summed E-state index contributed by atoms with van der Waals surface area (Å²) in [6.45, 7) is 3.90. The van der Waals surface area contributed by atoms with Gasteiger partial charge in [-0.15, -0.1) is 0 Å². The van der Waals surface area contributed by atoms with E-state index < -0.39 is 0 Å². The van der Waals surface area contributed by atoms with Gasteiger partial charge in [0.1, 0.15) is 0 Å². The highest BCUT2D eigenvalue weighted by Crippen LogP contribution is 2.51. The van der Waals surface area contributed by atoms with Crippen molar-refractivity contribution in [2.75, 3.05) is 19.6 Å². The van der Waals surface area contributed by atoms with Gasteiger partial charge in [-0.1, -0.05) is 38.5 Å². The van der Waals surface area contributed by atoms with Gasteiger partial charge in [-0.25, -0.2) is 0 Å². The van der Waals surface area contributed by atoms with Crippen LogP contribution in [0.5, 0.6) is 0 Å². The third-order valence-electron chi connectivity index (χ3n) is 7.91. The molecule has 2 aliphatic carbocycles. The van der Waals surface area contributed by atoms with Crippen molar-refractivity contribution >= 4 is 0 Å². The molecule has 2 heterocycles. The first-order chi connectivity index (χ1) is 10.8. The molecule has 0 radical (unpaired) electrons. The predicted octanol–water partition coefficient (Wildman–Crippen LogP) is 4.25. The molecule has 2 nitrogen and oxygen atoms in total. The third kappa shape index (κ3) is 2.86. The number of piperidine rings is 2. The van der Waals surface area contributed by atoms with E-state index >= 15 is 0 Å². The molecular formula is C20H36N2. The fraction of sp³-hybridized carbons (Fsp3) is 1.00. The Bertz CT molecular complexity index is 348. The maximum absolute atomic E-state index is 4.08. The summed E-state index contributed by atoms with van der Waals surface area (Å²) in [6, 6.07) is 0. The highest BCUT2D eigenvalue weighted by atomic mass is 15.0. The Morgan fingerprint density at radius 3 is 2.09 bits per heavy atom. The lowest BCUT2D eigenvalue weighted by Gasteiger charge is -2.53. The van der Waals surface area contributed by atoms with Crippen molar-refractivity contribution in [3.8, 4) is 0 Å². The van der Waals surface area contributed by atoms with E-state index in [9.17, 15) is 0 Å². The van der Waals surface area contributed by atoms with Crippen LogP contribution in [0, 0.1) is 17.3 Å². The van der Waals surface area contributed by atoms with Gasteiger partial charge in [0.15, 0.2) is 0 Å². The minimum Gasteiger partial charge on any atom is -0.316 e. The van der Waals surface area contributed by atoms with Crippen LogP contribution in [0.2, 0.25) is 0 Å². The Morgan fingerprint density at radius 2 is 1.41 bits per heavy atom. The van der Waals surface area contributed by atoms with Crippen LogP contribution in [0.1, 0.15) is 83.5 Å². The highest BCUT2D eigenvalue weighted by molar-refractivity contribution is 5.01. The smallest absolute Gasteiger partial charge is 0.0181 e. The van der Waals surface area contributed by atoms with E-state index in [0.29, 0.717) is 11.0 Å². The largest absolute Gasteiger partial charge is 0.316 e. The second-order valence-corrected chi connectivity index (χ2v) is 9.00. The Labute approximate surface area is 137 Å². The summed E-state index contributed by atoms with van der Waals surface area (Å²) in [5, 5.41) is 7.82. The second-order valence-electron chi connectivity index (χ2n) is 9.00. The molecule has 0 amide bonds. The Hall–Kier alpha value is -0.0800. The van der Waals surface area contributed by atoms with Crippen LogP contribution in [0.4, 0.5) is 0 Å². The van der Waals surface area contributed by atoms with E-state index in [1.165, 1.54) is 103 Å². The fourth-order valence-electron chi connectivity index (χ4n) is 6.54. The van der Waals surface area contributed by atoms with Crippen LogP contribution < -0.4 is 10.6 Å². The van der Waals surface area contributed by atoms with Gasteiger partial charge < -0.3 is 10.6 Å². The molecule has 4 aliphatic rings. The summed E-state index contributed by atoms with van der Waals surface area (Å²) in [5.41, 5.74) is 1.27. The molecule has 2 unspecified atom stereocenters. The minimum atomic E-state index is 0.552. The topological polar surface area (TPSA) is 24.1 Å². The zero-order chi connectivity index (χ0) is 14.9. The van der Waals surface area contributed by atoms with Crippen molar-refractivity contribution in [1.29, 1.82) is 0 Å². The van der Waals surface area contributed by atoms with Crippen molar-refractivity contribution in [3.63, 3.8) is 0 Å². The van der Waals surface area contributed by atoms with E-state index in [1.807, 2.05) is 0 Å². The lowest BCUT2D eigenvalue weighted by atomic mass is 9.57. The maximum Gasteiger partial charge on any atom is 0.0181 e. The third-order valence-corrected chi connectivity index (χ3v) is 7.91. The van der Waals surface area contributed by atoms with Crippen LogP contribution in [0.15, 0.2) is 0 Å². The molecule has 0 bridgehead atoms. The molecule has 4 rings (SSSR count). The van der Waals surface area contributed by atoms with E-state index in [-0.39, 0.29) is 0 Å². The monoisotopic (exact) mass is 304 g/mol. The molecular weight excluding hydrogens is 268 g/mol. The summed E-state index contributed by atoms with van der Waals surface area (Å²) in [4.78, 5) is 0. The number of rotatable bonds is 1. The molecule has 126 valence electrons. The molecule has 2 spiro atoms. The van der Waals surface area contributed by atoms with Gasteiger partial charge in [0.2, 0.25) is 0 Å². The van der Waals surface area contributed by atoms with E-state index in [1.54, 1.807) is 0 Å². The zero-order valence-electron chi connectivity index (χ0n) is 14.5. The molecule has 0 aromatic carbocycles. The molecule has 2 saturated carbocycles. The van der Waals surface area contributed by atoms with E-state index in [2.05, 4.69) is 10.6 Å². The van der Waals surface area contributed by atoms with Gasteiger partial charge >= 0.3 is 0 Å². The molecule has 2 saturated heterocycles. The van der Waals surface area contributed by atoms with Gasteiger partial charge in [-0.2, -0.15) is 0 Å². The van der Waals surface area contributed by atoms with E-state index in [0.717, 1.165) is 11.8 Å². The summed E-state index contributed by atoms with van der Waals surface area (Å²) in [5.74, 6) is 1.90. The first kappa shape index (κ1) is 15.4. The van der Waals surface area contributed by atoms with Crippen molar-refractivity contribution in [2.24, 2.45) is 17.3 Å². The normalized spacial score (nSPS) is 38.2. The Morgan fingerprint density at radius 1 is 0.682 bits per heavy atom. The van der Waals surface area contributed by atoms with Gasteiger partial charge in [-0.05, 0) is 81.8 Å². The summed E-state index contributed by atoms with van der Waals surface area (Å²) >= 11 is 0. The zero-order valence-corrected chi connectivity index (χ0v) is 14.5. The average Bonchev–Trinajstić information content (AvgIpc) is 2.58. The lowest BCUT2D eigenvalue weighted by Crippen LogP contribution is -2.57. The lowest BCUT2D eigenvalue weighted by molar-refractivity contribution is -0.000433. The first-order valence-electron chi connectivity index (χ1n) is 10.3. The fourth-order valence-corrected chi connectivity index (χ4v) is 6.54. The predicted molar refractivity (Wildman–Crippen MR) is 93.0 cm³/mol.